The first kappa shape index (κ1) is 18.3. The quantitative estimate of drug-likeness (QED) is 0.492. The Labute approximate surface area is 179 Å². The highest BCUT2D eigenvalue weighted by Crippen LogP contribution is 2.42. The van der Waals surface area contributed by atoms with E-state index in [4.69, 9.17) is 19.1 Å². The summed E-state index contributed by atoms with van der Waals surface area (Å²) >= 11 is 0. The van der Waals surface area contributed by atoms with E-state index in [1.807, 2.05) is 12.1 Å². The highest BCUT2D eigenvalue weighted by molar-refractivity contribution is 6.28. The van der Waals surface area contributed by atoms with Gasteiger partial charge in [0.15, 0.2) is 5.58 Å². The lowest BCUT2D eigenvalue weighted by atomic mass is 10.1. The molecule has 0 N–H and O–H groups in total. The zero-order chi connectivity index (χ0) is 21.3. The second-order valence-electron chi connectivity index (χ2n) is 8.35. The highest BCUT2D eigenvalue weighted by atomic mass is 16.5. The number of oxazole rings is 1. The summed E-state index contributed by atoms with van der Waals surface area (Å²) in [5.41, 5.74) is 6.77. The van der Waals surface area contributed by atoms with Crippen LogP contribution in [0.3, 0.4) is 0 Å². The van der Waals surface area contributed by atoms with Gasteiger partial charge in [0.2, 0.25) is 5.89 Å². The van der Waals surface area contributed by atoms with Crippen molar-refractivity contribution in [3.63, 3.8) is 0 Å². The SMILES string of the molecule is Cc1cc(C)cc(-c2nc3c(cc4c5c(cc(N6CCOCC6)nc53)C(=O)N4C)o2)c1. The smallest absolute Gasteiger partial charge is 0.258 e. The fourth-order valence-corrected chi connectivity index (χ4v) is 4.66. The average molecular weight is 414 g/mol. The van der Waals surface area contributed by atoms with Gasteiger partial charge in [-0.1, -0.05) is 17.2 Å². The van der Waals surface area contributed by atoms with Crippen LogP contribution in [0.5, 0.6) is 0 Å². The van der Waals surface area contributed by atoms with Crippen molar-refractivity contribution in [2.45, 2.75) is 13.8 Å². The fraction of sp³-hybridized carbons (Fsp3) is 0.292. The van der Waals surface area contributed by atoms with E-state index in [9.17, 15) is 4.79 Å². The number of benzene rings is 2. The summed E-state index contributed by atoms with van der Waals surface area (Å²) in [6.45, 7) is 6.93. The van der Waals surface area contributed by atoms with E-state index in [1.54, 1.807) is 11.9 Å². The Morgan fingerprint density at radius 2 is 1.68 bits per heavy atom. The van der Waals surface area contributed by atoms with E-state index in [1.165, 1.54) is 0 Å². The molecule has 1 amide bonds. The number of fused-ring (bicyclic) bond motifs is 2. The van der Waals surface area contributed by atoms with E-state index in [0.717, 1.165) is 46.7 Å². The fourth-order valence-electron chi connectivity index (χ4n) is 4.66. The van der Waals surface area contributed by atoms with Crippen LogP contribution < -0.4 is 9.80 Å². The number of aromatic nitrogens is 2. The first-order valence-corrected chi connectivity index (χ1v) is 10.5. The van der Waals surface area contributed by atoms with Crippen molar-refractivity contribution in [1.29, 1.82) is 0 Å². The minimum Gasteiger partial charge on any atom is -0.436 e. The maximum Gasteiger partial charge on any atom is 0.258 e. The molecule has 0 bridgehead atoms. The van der Waals surface area contributed by atoms with Crippen LogP contribution in [0, 0.1) is 13.8 Å². The molecular formula is C24H22N4O3. The van der Waals surface area contributed by atoms with Crippen molar-refractivity contribution in [1.82, 2.24) is 9.97 Å². The minimum absolute atomic E-state index is 0.0286. The molecule has 7 heteroatoms. The molecule has 0 spiro atoms. The average Bonchev–Trinajstić information content (AvgIpc) is 3.30. The minimum atomic E-state index is -0.0286. The molecule has 1 saturated heterocycles. The number of ether oxygens (including phenoxy) is 1. The molecule has 2 aliphatic heterocycles. The lowest BCUT2D eigenvalue weighted by molar-refractivity contribution is 0.0999. The number of aryl methyl sites for hydroxylation is 2. The normalized spacial score (nSPS) is 16.2. The Balaban J connectivity index is 1.62. The molecule has 2 aromatic heterocycles. The van der Waals surface area contributed by atoms with E-state index in [-0.39, 0.29) is 5.91 Å². The number of hydrogen-bond donors (Lipinski definition) is 0. The highest BCUT2D eigenvalue weighted by Gasteiger charge is 2.32. The zero-order valence-electron chi connectivity index (χ0n) is 17.7. The largest absolute Gasteiger partial charge is 0.436 e. The number of nitrogens with zero attached hydrogens (tertiary/aromatic N) is 4. The predicted octanol–water partition coefficient (Wildman–Crippen LogP) is 4.09. The Morgan fingerprint density at radius 3 is 2.42 bits per heavy atom. The van der Waals surface area contributed by atoms with Gasteiger partial charge in [0.05, 0.1) is 24.5 Å². The van der Waals surface area contributed by atoms with Gasteiger partial charge >= 0.3 is 0 Å². The summed E-state index contributed by atoms with van der Waals surface area (Å²) in [6, 6.07) is 10.1. The number of carbonyl (C=O) groups is 1. The molecule has 1 fully saturated rings. The Morgan fingerprint density at radius 1 is 0.935 bits per heavy atom. The van der Waals surface area contributed by atoms with Crippen LogP contribution in [0.2, 0.25) is 0 Å². The molecule has 2 aliphatic rings. The number of pyridine rings is 1. The number of rotatable bonds is 2. The Bertz CT molecular complexity index is 1360. The summed E-state index contributed by atoms with van der Waals surface area (Å²) in [7, 11) is 1.79. The summed E-state index contributed by atoms with van der Waals surface area (Å²) in [6.07, 6.45) is 0. The Hall–Kier alpha value is -3.45. The molecule has 4 heterocycles. The molecule has 31 heavy (non-hydrogen) atoms. The van der Waals surface area contributed by atoms with Crippen molar-refractivity contribution in [3.05, 3.63) is 47.0 Å². The molecule has 6 rings (SSSR count). The van der Waals surface area contributed by atoms with Crippen LogP contribution in [0.25, 0.3) is 33.5 Å². The van der Waals surface area contributed by atoms with Crippen molar-refractivity contribution in [3.8, 4) is 11.5 Å². The third kappa shape index (κ3) is 2.73. The molecule has 7 nitrogen and oxygen atoms in total. The van der Waals surface area contributed by atoms with Crippen LogP contribution in [0.1, 0.15) is 21.5 Å². The van der Waals surface area contributed by atoms with E-state index >= 15 is 0 Å². The number of carbonyl (C=O) groups excluding carboxylic acids is 1. The molecule has 0 unspecified atom stereocenters. The van der Waals surface area contributed by atoms with Gasteiger partial charge < -0.3 is 19.0 Å². The van der Waals surface area contributed by atoms with Crippen molar-refractivity contribution >= 4 is 39.4 Å². The van der Waals surface area contributed by atoms with Crippen molar-refractivity contribution in [2.75, 3.05) is 43.2 Å². The standard InChI is InChI=1S/C24H22N4O3/c1-13-8-14(2)10-15(9-13)23-26-21-18(31-23)12-17-20-16(24(29)27(17)3)11-19(25-22(20)21)28-4-6-30-7-5-28/h8-12H,4-7H2,1-3H3. The molecule has 0 saturated carbocycles. The maximum atomic E-state index is 13.0. The van der Waals surface area contributed by atoms with Crippen LogP contribution >= 0.6 is 0 Å². The molecule has 0 atom stereocenters. The summed E-state index contributed by atoms with van der Waals surface area (Å²) in [5, 5.41) is 0.845. The topological polar surface area (TPSA) is 71.7 Å². The zero-order valence-corrected chi connectivity index (χ0v) is 17.7. The van der Waals surface area contributed by atoms with E-state index in [0.29, 0.717) is 41.3 Å². The predicted molar refractivity (Wildman–Crippen MR) is 120 cm³/mol. The Kier molecular flexibility index (Phi) is 3.86. The summed E-state index contributed by atoms with van der Waals surface area (Å²) in [5.74, 6) is 1.32. The lowest BCUT2D eigenvalue weighted by Crippen LogP contribution is -2.36. The second-order valence-corrected chi connectivity index (χ2v) is 8.35. The van der Waals surface area contributed by atoms with Gasteiger partial charge in [-0.2, -0.15) is 0 Å². The maximum absolute atomic E-state index is 13.0. The van der Waals surface area contributed by atoms with Crippen LogP contribution in [-0.2, 0) is 4.74 Å². The molecular weight excluding hydrogens is 392 g/mol. The molecule has 0 radical (unpaired) electrons. The van der Waals surface area contributed by atoms with Gasteiger partial charge in [-0.3, -0.25) is 4.79 Å². The van der Waals surface area contributed by atoms with Gasteiger partial charge in [0.25, 0.3) is 5.91 Å². The van der Waals surface area contributed by atoms with Crippen LogP contribution in [-0.4, -0.2) is 49.2 Å². The molecule has 4 aromatic rings. The van der Waals surface area contributed by atoms with Gasteiger partial charge in [0, 0.05) is 37.2 Å². The molecule has 156 valence electrons. The monoisotopic (exact) mass is 414 g/mol. The number of amides is 1. The number of morpholine rings is 1. The van der Waals surface area contributed by atoms with Crippen molar-refractivity contribution < 1.29 is 13.9 Å². The van der Waals surface area contributed by atoms with E-state index in [2.05, 4.69) is 36.9 Å². The number of hydrogen-bond acceptors (Lipinski definition) is 6. The lowest BCUT2D eigenvalue weighted by Gasteiger charge is -2.28. The summed E-state index contributed by atoms with van der Waals surface area (Å²) in [4.78, 5) is 26.6. The van der Waals surface area contributed by atoms with Crippen molar-refractivity contribution in [2.24, 2.45) is 0 Å². The van der Waals surface area contributed by atoms with E-state index < -0.39 is 0 Å². The first-order chi connectivity index (χ1) is 15.0. The third-order valence-electron chi connectivity index (χ3n) is 6.11. The molecule has 2 aromatic carbocycles. The molecule has 0 aliphatic carbocycles. The third-order valence-corrected chi connectivity index (χ3v) is 6.11. The second kappa shape index (κ2) is 6.52. The van der Waals surface area contributed by atoms with Crippen LogP contribution in [0.4, 0.5) is 11.5 Å². The first-order valence-electron chi connectivity index (χ1n) is 10.5. The van der Waals surface area contributed by atoms with Gasteiger partial charge in [-0.15, -0.1) is 0 Å². The number of anilines is 2. The van der Waals surface area contributed by atoms with Gasteiger partial charge in [-0.25, -0.2) is 9.97 Å². The summed E-state index contributed by atoms with van der Waals surface area (Å²) < 4.78 is 11.7. The van der Waals surface area contributed by atoms with Gasteiger partial charge in [-0.05, 0) is 32.0 Å². The van der Waals surface area contributed by atoms with Crippen LogP contribution in [0.15, 0.2) is 34.7 Å². The van der Waals surface area contributed by atoms with Gasteiger partial charge in [0.1, 0.15) is 16.9 Å².